The number of hydrogen-bond acceptors (Lipinski definition) is 5. The lowest BCUT2D eigenvalue weighted by Crippen LogP contribution is -2.29. The van der Waals surface area contributed by atoms with Crippen LogP contribution in [0.5, 0.6) is 0 Å². The summed E-state index contributed by atoms with van der Waals surface area (Å²) in [6.45, 7) is 6.43. The number of nitrogens with zero attached hydrogens (tertiary/aromatic N) is 5. The van der Waals surface area contributed by atoms with Gasteiger partial charge in [0.1, 0.15) is 12.2 Å². The zero-order chi connectivity index (χ0) is 13.8. The van der Waals surface area contributed by atoms with E-state index in [-0.39, 0.29) is 11.9 Å². The van der Waals surface area contributed by atoms with E-state index in [0.717, 1.165) is 18.8 Å². The fraction of sp³-hybridized carbons (Fsp3) is 0.545. The van der Waals surface area contributed by atoms with Gasteiger partial charge in [0.25, 0.3) is 5.91 Å². The zero-order valence-corrected chi connectivity index (χ0v) is 11.2. The molecule has 2 aromatic rings. The molecule has 0 aliphatic carbocycles. The van der Waals surface area contributed by atoms with Crippen LogP contribution in [0.15, 0.2) is 6.33 Å². The Morgan fingerprint density at radius 1 is 1.53 bits per heavy atom. The lowest BCUT2D eigenvalue weighted by molar-refractivity contribution is 0.0931. The minimum absolute atomic E-state index is 0.238. The van der Waals surface area contributed by atoms with Gasteiger partial charge in [0.15, 0.2) is 5.69 Å². The molecule has 0 spiro atoms. The maximum atomic E-state index is 12.0. The molecule has 2 heterocycles. The first kappa shape index (κ1) is 13.2. The second-order valence-corrected chi connectivity index (χ2v) is 4.29. The standard InChI is InChI=1S/C11H17N7O/c1-4-5-18-10(12-6-13-18)8(3)14-11(19)9-7(2)15-17-16-9/h6,8H,4-5H2,1-3H3,(H,14,19)(H,15,16,17). The number of amides is 1. The highest BCUT2D eigenvalue weighted by Crippen LogP contribution is 2.10. The van der Waals surface area contributed by atoms with Crippen molar-refractivity contribution < 1.29 is 4.79 Å². The van der Waals surface area contributed by atoms with Crippen LogP contribution in [0.1, 0.15) is 48.3 Å². The van der Waals surface area contributed by atoms with Crippen molar-refractivity contribution >= 4 is 5.91 Å². The summed E-state index contributed by atoms with van der Waals surface area (Å²) in [7, 11) is 0. The van der Waals surface area contributed by atoms with Crippen molar-refractivity contribution in [3.63, 3.8) is 0 Å². The van der Waals surface area contributed by atoms with Crippen LogP contribution in [0.3, 0.4) is 0 Å². The van der Waals surface area contributed by atoms with Crippen molar-refractivity contribution in [1.29, 1.82) is 0 Å². The molecule has 0 saturated carbocycles. The van der Waals surface area contributed by atoms with Crippen molar-refractivity contribution in [2.24, 2.45) is 0 Å². The van der Waals surface area contributed by atoms with Crippen molar-refractivity contribution in [2.45, 2.75) is 39.8 Å². The van der Waals surface area contributed by atoms with E-state index < -0.39 is 0 Å². The molecule has 0 fully saturated rings. The van der Waals surface area contributed by atoms with E-state index in [9.17, 15) is 4.79 Å². The van der Waals surface area contributed by atoms with Crippen LogP contribution >= 0.6 is 0 Å². The molecule has 8 nitrogen and oxygen atoms in total. The third-order valence-electron chi connectivity index (χ3n) is 2.75. The highest BCUT2D eigenvalue weighted by atomic mass is 16.2. The average molecular weight is 263 g/mol. The molecule has 8 heteroatoms. The number of nitrogens with one attached hydrogen (secondary N) is 2. The largest absolute Gasteiger partial charge is 0.341 e. The summed E-state index contributed by atoms with van der Waals surface area (Å²) in [5.74, 6) is 0.459. The van der Waals surface area contributed by atoms with Gasteiger partial charge in [-0.2, -0.15) is 20.5 Å². The normalized spacial score (nSPS) is 12.4. The number of aromatic nitrogens is 6. The van der Waals surface area contributed by atoms with Gasteiger partial charge in [0, 0.05) is 6.54 Å². The van der Waals surface area contributed by atoms with Crippen molar-refractivity contribution in [3.8, 4) is 0 Å². The van der Waals surface area contributed by atoms with Gasteiger partial charge in [0.2, 0.25) is 0 Å². The number of aryl methyl sites for hydroxylation is 2. The smallest absolute Gasteiger partial charge is 0.274 e. The van der Waals surface area contributed by atoms with Gasteiger partial charge in [-0.05, 0) is 20.3 Å². The number of H-pyrrole nitrogens is 1. The fourth-order valence-corrected chi connectivity index (χ4v) is 1.82. The van der Waals surface area contributed by atoms with Crippen molar-refractivity contribution in [2.75, 3.05) is 0 Å². The van der Waals surface area contributed by atoms with Crippen LogP contribution < -0.4 is 5.32 Å². The molecule has 0 saturated heterocycles. The summed E-state index contributed by atoms with van der Waals surface area (Å²) >= 11 is 0. The summed E-state index contributed by atoms with van der Waals surface area (Å²) in [5, 5.41) is 17.0. The molecule has 1 atom stereocenters. The summed E-state index contributed by atoms with van der Waals surface area (Å²) in [6.07, 6.45) is 2.45. The Labute approximate surface area is 110 Å². The fourth-order valence-electron chi connectivity index (χ4n) is 1.82. The molecular formula is C11H17N7O. The molecule has 2 N–H and O–H groups in total. The highest BCUT2D eigenvalue weighted by Gasteiger charge is 2.19. The quantitative estimate of drug-likeness (QED) is 0.822. The van der Waals surface area contributed by atoms with E-state index in [1.54, 1.807) is 11.6 Å². The minimum atomic E-state index is -0.273. The summed E-state index contributed by atoms with van der Waals surface area (Å²) < 4.78 is 1.79. The average Bonchev–Trinajstić information content (AvgIpc) is 2.98. The molecule has 19 heavy (non-hydrogen) atoms. The first-order valence-corrected chi connectivity index (χ1v) is 6.19. The molecule has 1 unspecified atom stereocenters. The number of hydrogen-bond donors (Lipinski definition) is 2. The number of rotatable bonds is 5. The van der Waals surface area contributed by atoms with Gasteiger partial charge in [0.05, 0.1) is 11.7 Å². The van der Waals surface area contributed by atoms with E-state index >= 15 is 0 Å². The van der Waals surface area contributed by atoms with Gasteiger partial charge < -0.3 is 5.32 Å². The van der Waals surface area contributed by atoms with Crippen molar-refractivity contribution in [3.05, 3.63) is 23.5 Å². The van der Waals surface area contributed by atoms with Crippen LogP contribution in [-0.4, -0.2) is 36.1 Å². The van der Waals surface area contributed by atoms with Crippen LogP contribution in [0.25, 0.3) is 0 Å². The monoisotopic (exact) mass is 263 g/mol. The van der Waals surface area contributed by atoms with Gasteiger partial charge in [-0.3, -0.25) is 4.79 Å². The second-order valence-electron chi connectivity index (χ2n) is 4.29. The van der Waals surface area contributed by atoms with Gasteiger partial charge in [-0.25, -0.2) is 9.67 Å². The third kappa shape index (κ3) is 2.78. The minimum Gasteiger partial charge on any atom is -0.341 e. The molecule has 102 valence electrons. The predicted octanol–water partition coefficient (Wildman–Crippen LogP) is 0.606. The Balaban J connectivity index is 2.08. The Morgan fingerprint density at radius 3 is 2.95 bits per heavy atom. The number of carbonyl (C=O) groups is 1. The molecule has 0 aliphatic rings. The molecule has 0 aliphatic heterocycles. The SMILES string of the molecule is CCCn1ncnc1C(C)NC(=O)c1n[nH]nc1C. The Bertz CT molecular complexity index is 559. The Kier molecular flexibility index (Phi) is 3.88. The first-order valence-electron chi connectivity index (χ1n) is 6.19. The summed E-state index contributed by atoms with van der Waals surface area (Å²) in [6, 6.07) is -0.238. The molecule has 0 aromatic carbocycles. The van der Waals surface area contributed by atoms with Gasteiger partial charge >= 0.3 is 0 Å². The lowest BCUT2D eigenvalue weighted by atomic mass is 10.2. The summed E-state index contributed by atoms with van der Waals surface area (Å²) in [4.78, 5) is 16.2. The van der Waals surface area contributed by atoms with Gasteiger partial charge in [-0.1, -0.05) is 6.92 Å². The molecule has 2 aromatic heterocycles. The van der Waals surface area contributed by atoms with Crippen LogP contribution in [0, 0.1) is 6.92 Å². The molecule has 0 radical (unpaired) electrons. The van der Waals surface area contributed by atoms with Gasteiger partial charge in [-0.15, -0.1) is 0 Å². The Hall–Kier alpha value is -2.25. The predicted molar refractivity (Wildman–Crippen MR) is 67.3 cm³/mol. The summed E-state index contributed by atoms with van der Waals surface area (Å²) in [5.41, 5.74) is 0.869. The van der Waals surface area contributed by atoms with E-state index in [1.165, 1.54) is 6.33 Å². The zero-order valence-electron chi connectivity index (χ0n) is 11.2. The van der Waals surface area contributed by atoms with Crippen LogP contribution in [0.4, 0.5) is 0 Å². The maximum absolute atomic E-state index is 12.0. The Morgan fingerprint density at radius 2 is 2.32 bits per heavy atom. The number of aromatic amines is 1. The molecular weight excluding hydrogens is 246 g/mol. The first-order chi connectivity index (χ1) is 9.13. The highest BCUT2D eigenvalue weighted by molar-refractivity contribution is 5.93. The molecule has 2 rings (SSSR count). The molecule has 1 amide bonds. The maximum Gasteiger partial charge on any atom is 0.274 e. The van der Waals surface area contributed by atoms with Crippen LogP contribution in [-0.2, 0) is 6.54 Å². The van der Waals surface area contributed by atoms with Crippen LogP contribution in [0.2, 0.25) is 0 Å². The van der Waals surface area contributed by atoms with E-state index in [0.29, 0.717) is 11.4 Å². The lowest BCUT2D eigenvalue weighted by Gasteiger charge is -2.13. The molecule has 0 bridgehead atoms. The van der Waals surface area contributed by atoms with E-state index in [2.05, 4.69) is 37.7 Å². The topological polar surface area (TPSA) is 101 Å². The second kappa shape index (κ2) is 5.59. The third-order valence-corrected chi connectivity index (χ3v) is 2.75. The van der Waals surface area contributed by atoms with E-state index in [1.807, 2.05) is 6.92 Å². The number of carbonyl (C=O) groups excluding carboxylic acids is 1. The van der Waals surface area contributed by atoms with E-state index in [4.69, 9.17) is 0 Å². The van der Waals surface area contributed by atoms with Crippen molar-refractivity contribution in [1.82, 2.24) is 35.5 Å².